The number of piperazine rings is 1. The van der Waals surface area contributed by atoms with Crippen molar-refractivity contribution >= 4 is 41.1 Å². The molecule has 1 heterocycles. The van der Waals surface area contributed by atoms with Gasteiger partial charge in [-0.1, -0.05) is 17.7 Å². The van der Waals surface area contributed by atoms with Crippen LogP contribution in [-0.4, -0.2) is 35.5 Å². The highest BCUT2D eigenvalue weighted by atomic mass is 35.5. The molecule has 1 aliphatic rings. The highest BCUT2D eigenvalue weighted by molar-refractivity contribution is 6.33. The molecule has 0 radical (unpaired) electrons. The van der Waals surface area contributed by atoms with Crippen LogP contribution in [0.3, 0.4) is 0 Å². The molecule has 0 aromatic heterocycles. The van der Waals surface area contributed by atoms with Gasteiger partial charge in [-0.05, 0) is 30.7 Å². The van der Waals surface area contributed by atoms with Gasteiger partial charge in [0.2, 0.25) is 11.8 Å². The number of carboxylic acid groups (broad SMARTS) is 1. The number of hydrogen-bond donors (Lipinski definition) is 2. The van der Waals surface area contributed by atoms with Crippen LogP contribution < -0.4 is 10.2 Å². The average Bonchev–Trinajstić information content (AvgIpc) is 2.41. The van der Waals surface area contributed by atoms with E-state index >= 15 is 0 Å². The van der Waals surface area contributed by atoms with Crippen LogP contribution in [0, 0.1) is 0 Å². The molecule has 0 bridgehead atoms. The van der Waals surface area contributed by atoms with Crippen LogP contribution in [0.2, 0.25) is 5.02 Å². The molecular weight excluding hydrogens is 296 g/mol. The van der Waals surface area contributed by atoms with Gasteiger partial charge in [0.1, 0.15) is 6.04 Å². The van der Waals surface area contributed by atoms with Crippen LogP contribution in [0.1, 0.15) is 12.5 Å². The Bertz CT molecular complexity index is 642. The number of hydrogen-bond acceptors (Lipinski definition) is 4. The topological polar surface area (TPSA) is 86.7 Å². The van der Waals surface area contributed by atoms with E-state index in [0.29, 0.717) is 16.3 Å². The van der Waals surface area contributed by atoms with E-state index < -0.39 is 12.0 Å². The van der Waals surface area contributed by atoms with Gasteiger partial charge in [0.05, 0.1) is 17.3 Å². The standard InChI is InChI=1S/C14H13ClN2O4/c1-8-14(21)16-12(18)7-17(8)11-4-2-9(6-10(11)15)3-5-13(19)20/h2-6,8H,7H2,1H3,(H,19,20)(H,16,18,21)/b5-3+. The summed E-state index contributed by atoms with van der Waals surface area (Å²) >= 11 is 6.17. The zero-order valence-electron chi connectivity index (χ0n) is 11.2. The first-order valence-electron chi connectivity index (χ1n) is 6.19. The van der Waals surface area contributed by atoms with Gasteiger partial charge in [-0.25, -0.2) is 4.79 Å². The molecule has 1 fully saturated rings. The summed E-state index contributed by atoms with van der Waals surface area (Å²) < 4.78 is 0. The molecule has 1 aromatic carbocycles. The molecule has 1 atom stereocenters. The summed E-state index contributed by atoms with van der Waals surface area (Å²) in [6.07, 6.45) is 2.42. The van der Waals surface area contributed by atoms with Crippen molar-refractivity contribution in [3.05, 3.63) is 34.9 Å². The molecule has 1 aliphatic heterocycles. The van der Waals surface area contributed by atoms with Gasteiger partial charge in [-0.2, -0.15) is 0 Å². The van der Waals surface area contributed by atoms with Crippen molar-refractivity contribution in [1.29, 1.82) is 0 Å². The molecule has 2 N–H and O–H groups in total. The number of carbonyl (C=O) groups is 3. The fourth-order valence-electron chi connectivity index (χ4n) is 2.04. The second-order valence-corrected chi connectivity index (χ2v) is 5.01. The fourth-order valence-corrected chi connectivity index (χ4v) is 2.33. The van der Waals surface area contributed by atoms with Crippen LogP contribution in [0.25, 0.3) is 6.08 Å². The summed E-state index contributed by atoms with van der Waals surface area (Å²) in [5.74, 6) is -1.82. The average molecular weight is 309 g/mol. The van der Waals surface area contributed by atoms with Crippen molar-refractivity contribution in [3.8, 4) is 0 Å². The molecule has 2 amide bonds. The molecular formula is C14H13ClN2O4. The van der Waals surface area contributed by atoms with Crippen molar-refractivity contribution in [2.75, 3.05) is 11.4 Å². The Kier molecular flexibility index (Phi) is 4.28. The van der Waals surface area contributed by atoms with E-state index in [4.69, 9.17) is 16.7 Å². The number of amides is 2. The van der Waals surface area contributed by atoms with Crippen LogP contribution in [0.5, 0.6) is 0 Å². The monoisotopic (exact) mass is 308 g/mol. The summed E-state index contributed by atoms with van der Waals surface area (Å²) in [7, 11) is 0. The van der Waals surface area contributed by atoms with E-state index in [1.165, 1.54) is 6.08 Å². The summed E-state index contributed by atoms with van der Waals surface area (Å²) in [6, 6.07) is 4.40. The number of aliphatic carboxylic acids is 1. The minimum atomic E-state index is -1.05. The lowest BCUT2D eigenvalue weighted by Gasteiger charge is -2.34. The van der Waals surface area contributed by atoms with Gasteiger partial charge in [-0.15, -0.1) is 0 Å². The minimum Gasteiger partial charge on any atom is -0.478 e. The smallest absolute Gasteiger partial charge is 0.328 e. The zero-order chi connectivity index (χ0) is 15.6. The number of nitrogens with zero attached hydrogens (tertiary/aromatic N) is 1. The number of carbonyl (C=O) groups excluding carboxylic acids is 2. The van der Waals surface area contributed by atoms with Gasteiger partial charge in [0.25, 0.3) is 0 Å². The molecule has 0 saturated carbocycles. The van der Waals surface area contributed by atoms with Crippen molar-refractivity contribution in [1.82, 2.24) is 5.32 Å². The first kappa shape index (κ1) is 15.1. The van der Waals surface area contributed by atoms with Crippen molar-refractivity contribution < 1.29 is 19.5 Å². The first-order valence-corrected chi connectivity index (χ1v) is 6.57. The lowest BCUT2D eigenvalue weighted by Crippen LogP contribution is -2.57. The first-order chi connectivity index (χ1) is 9.88. The number of rotatable bonds is 3. The number of halogens is 1. The van der Waals surface area contributed by atoms with E-state index in [0.717, 1.165) is 6.08 Å². The predicted molar refractivity (Wildman–Crippen MR) is 78.1 cm³/mol. The molecule has 110 valence electrons. The lowest BCUT2D eigenvalue weighted by molar-refractivity contribution is -0.133. The molecule has 1 aromatic rings. The number of imide groups is 1. The highest BCUT2D eigenvalue weighted by Gasteiger charge is 2.31. The molecule has 0 spiro atoms. The van der Waals surface area contributed by atoms with Gasteiger partial charge in [0, 0.05) is 6.08 Å². The largest absolute Gasteiger partial charge is 0.478 e. The van der Waals surface area contributed by atoms with Gasteiger partial charge >= 0.3 is 5.97 Å². The predicted octanol–water partition coefficient (Wildman–Crippen LogP) is 1.29. The lowest BCUT2D eigenvalue weighted by atomic mass is 10.1. The third-order valence-electron chi connectivity index (χ3n) is 3.12. The normalized spacial score (nSPS) is 19.0. The summed E-state index contributed by atoms with van der Waals surface area (Å²) in [4.78, 5) is 35.2. The molecule has 0 aliphatic carbocycles. The van der Waals surface area contributed by atoms with Crippen molar-refractivity contribution in [2.24, 2.45) is 0 Å². The Morgan fingerprint density at radius 3 is 2.81 bits per heavy atom. The maximum absolute atomic E-state index is 11.7. The molecule has 1 saturated heterocycles. The maximum atomic E-state index is 11.7. The SMILES string of the molecule is CC1C(=O)NC(=O)CN1c1ccc(/C=C/C(=O)O)cc1Cl. The van der Waals surface area contributed by atoms with Crippen molar-refractivity contribution in [2.45, 2.75) is 13.0 Å². The molecule has 6 nitrogen and oxygen atoms in total. The third kappa shape index (κ3) is 3.41. The van der Waals surface area contributed by atoms with Crippen LogP contribution in [-0.2, 0) is 14.4 Å². The number of anilines is 1. The second-order valence-electron chi connectivity index (χ2n) is 4.60. The van der Waals surface area contributed by atoms with E-state index in [9.17, 15) is 14.4 Å². The van der Waals surface area contributed by atoms with E-state index in [-0.39, 0.29) is 18.4 Å². The minimum absolute atomic E-state index is 0.0386. The molecule has 1 unspecified atom stereocenters. The Morgan fingerprint density at radius 2 is 2.19 bits per heavy atom. The third-order valence-corrected chi connectivity index (χ3v) is 3.43. The Balaban J connectivity index is 2.30. The Hall–Kier alpha value is -2.34. The quantitative estimate of drug-likeness (QED) is 0.649. The molecule has 21 heavy (non-hydrogen) atoms. The summed E-state index contributed by atoms with van der Waals surface area (Å²) in [5, 5.41) is 11.2. The second kappa shape index (κ2) is 5.97. The van der Waals surface area contributed by atoms with Crippen LogP contribution >= 0.6 is 11.6 Å². The number of nitrogens with one attached hydrogen (secondary N) is 1. The van der Waals surface area contributed by atoms with Crippen LogP contribution in [0.4, 0.5) is 5.69 Å². The van der Waals surface area contributed by atoms with E-state index in [1.807, 2.05) is 0 Å². The highest BCUT2D eigenvalue weighted by Crippen LogP contribution is 2.29. The zero-order valence-corrected chi connectivity index (χ0v) is 11.9. The summed E-state index contributed by atoms with van der Waals surface area (Å²) in [5.41, 5.74) is 1.17. The number of benzene rings is 1. The Morgan fingerprint density at radius 1 is 1.48 bits per heavy atom. The number of carboxylic acids is 1. The van der Waals surface area contributed by atoms with Gasteiger partial charge < -0.3 is 10.0 Å². The maximum Gasteiger partial charge on any atom is 0.328 e. The van der Waals surface area contributed by atoms with E-state index in [2.05, 4.69) is 5.32 Å². The molecule has 7 heteroatoms. The van der Waals surface area contributed by atoms with Gasteiger partial charge in [0.15, 0.2) is 0 Å². The van der Waals surface area contributed by atoms with Crippen molar-refractivity contribution in [3.63, 3.8) is 0 Å². The summed E-state index contributed by atoms with van der Waals surface area (Å²) in [6.45, 7) is 1.72. The van der Waals surface area contributed by atoms with Gasteiger partial charge in [-0.3, -0.25) is 14.9 Å². The Labute approximate surface area is 126 Å². The fraction of sp³-hybridized carbons (Fsp3) is 0.214. The van der Waals surface area contributed by atoms with Crippen LogP contribution in [0.15, 0.2) is 24.3 Å². The molecule has 2 rings (SSSR count). The van der Waals surface area contributed by atoms with E-state index in [1.54, 1.807) is 30.0 Å².